The lowest BCUT2D eigenvalue weighted by Gasteiger charge is -2.16. The number of hydrogen-bond donors (Lipinski definition) is 1. The van der Waals surface area contributed by atoms with Crippen LogP contribution in [0.1, 0.15) is 27.0 Å². The Balaban J connectivity index is 1.78. The molecule has 0 atom stereocenters. The Bertz CT molecular complexity index is 1580. The normalized spacial score (nSPS) is 11.2. The molecule has 37 heavy (non-hydrogen) atoms. The van der Waals surface area contributed by atoms with Crippen molar-refractivity contribution in [1.82, 2.24) is 9.97 Å². The fraction of sp³-hybridized carbons (Fsp3) is 0.179. The first-order valence-corrected chi connectivity index (χ1v) is 13.1. The first-order chi connectivity index (χ1) is 17.6. The number of carbonyl (C=O) groups is 1. The molecular formula is C28H27N3O5S. The largest absolute Gasteiger partial charge is 0.497 e. The van der Waals surface area contributed by atoms with Crippen LogP contribution in [0.25, 0.3) is 11.3 Å². The number of benzene rings is 2. The number of Topliss-reactive ketones (excluding diaryl/α,β-unsaturated/α-hetero) is 1. The van der Waals surface area contributed by atoms with Gasteiger partial charge < -0.3 is 15.2 Å². The summed E-state index contributed by atoms with van der Waals surface area (Å²) in [4.78, 5) is 21.8. The summed E-state index contributed by atoms with van der Waals surface area (Å²) in [5.41, 5.74) is 9.75. The number of nitrogens with two attached hydrogens (primary N) is 1. The molecule has 0 unspecified atom stereocenters. The smallest absolute Gasteiger partial charge is 0.230 e. The molecule has 0 radical (unpaired) electrons. The number of nitrogen functional groups attached to an aromatic ring is 1. The third kappa shape index (κ3) is 5.78. The summed E-state index contributed by atoms with van der Waals surface area (Å²) in [6, 6.07) is 18.7. The molecule has 0 aliphatic rings. The first kappa shape index (κ1) is 25.8. The van der Waals surface area contributed by atoms with Gasteiger partial charge >= 0.3 is 0 Å². The van der Waals surface area contributed by atoms with E-state index in [1.54, 1.807) is 13.2 Å². The molecule has 4 rings (SSSR count). The van der Waals surface area contributed by atoms with Crippen LogP contribution in [-0.2, 0) is 9.84 Å². The van der Waals surface area contributed by atoms with Crippen LogP contribution in [0.5, 0.6) is 17.4 Å². The zero-order valence-corrected chi connectivity index (χ0v) is 21.8. The van der Waals surface area contributed by atoms with Gasteiger partial charge in [-0.25, -0.2) is 18.4 Å². The van der Waals surface area contributed by atoms with Gasteiger partial charge in [0, 0.05) is 5.56 Å². The molecule has 9 heteroatoms. The molecular weight excluding hydrogens is 490 g/mol. The second kappa shape index (κ2) is 10.4. The van der Waals surface area contributed by atoms with Crippen LogP contribution in [-0.4, -0.2) is 37.0 Å². The number of methoxy groups -OCH3 is 1. The van der Waals surface area contributed by atoms with Gasteiger partial charge in [0.05, 0.1) is 18.4 Å². The molecule has 0 amide bonds. The minimum atomic E-state index is -4.05. The number of anilines is 1. The fourth-order valence-corrected chi connectivity index (χ4v) is 5.21. The molecule has 0 saturated carbocycles. The van der Waals surface area contributed by atoms with E-state index in [0.29, 0.717) is 17.2 Å². The lowest BCUT2D eigenvalue weighted by atomic mass is 10.1. The zero-order valence-electron chi connectivity index (χ0n) is 21.0. The molecule has 190 valence electrons. The monoisotopic (exact) mass is 517 g/mol. The molecule has 2 N–H and O–H groups in total. The molecule has 0 aliphatic heterocycles. The van der Waals surface area contributed by atoms with E-state index >= 15 is 0 Å². The van der Waals surface area contributed by atoms with E-state index in [9.17, 15) is 13.2 Å². The molecule has 8 nitrogen and oxygen atoms in total. The van der Waals surface area contributed by atoms with Crippen molar-refractivity contribution in [2.24, 2.45) is 0 Å². The average Bonchev–Trinajstić information content (AvgIpc) is 2.86. The second-order valence-electron chi connectivity index (χ2n) is 8.69. The highest BCUT2D eigenvalue weighted by Crippen LogP contribution is 2.33. The Morgan fingerprint density at radius 2 is 1.62 bits per heavy atom. The van der Waals surface area contributed by atoms with Crippen molar-refractivity contribution >= 4 is 21.4 Å². The Labute approximate surface area is 216 Å². The summed E-state index contributed by atoms with van der Waals surface area (Å²) in [5, 5.41) is -0.269. The van der Waals surface area contributed by atoms with Crippen molar-refractivity contribution in [3.8, 4) is 28.6 Å². The molecule has 0 fully saturated rings. The number of hydrogen-bond acceptors (Lipinski definition) is 8. The topological polar surface area (TPSA) is 121 Å². The molecule has 0 bridgehead atoms. The van der Waals surface area contributed by atoms with E-state index in [4.69, 9.17) is 15.2 Å². The van der Waals surface area contributed by atoms with E-state index in [-0.39, 0.29) is 22.3 Å². The molecule has 4 aromatic rings. The quantitative estimate of drug-likeness (QED) is 0.320. The maximum absolute atomic E-state index is 13.3. The number of rotatable bonds is 8. The predicted molar refractivity (Wildman–Crippen MR) is 142 cm³/mol. The number of aromatic nitrogens is 2. The van der Waals surface area contributed by atoms with Gasteiger partial charge in [-0.2, -0.15) is 0 Å². The standard InChI is InChI=1S/C28H27N3O5S/c1-17-13-18(2)27(19(3)14-17)36-28-22(11-12-23(30-28)20-7-5-8-21(15-20)35-4)24(32)16-37(33,34)26-10-6-9-25(29)31-26/h5-15H,16H2,1-4H3,(H2,29,31). The number of sulfone groups is 1. The Morgan fingerprint density at radius 3 is 2.30 bits per heavy atom. The van der Waals surface area contributed by atoms with E-state index in [0.717, 1.165) is 22.3 Å². The van der Waals surface area contributed by atoms with Crippen LogP contribution in [0, 0.1) is 20.8 Å². The number of carbonyl (C=O) groups excluding carboxylic acids is 1. The third-order valence-electron chi connectivity index (χ3n) is 5.71. The van der Waals surface area contributed by atoms with E-state index in [2.05, 4.69) is 9.97 Å². The lowest BCUT2D eigenvalue weighted by Crippen LogP contribution is -2.19. The van der Waals surface area contributed by atoms with Crippen LogP contribution in [0.15, 0.2) is 71.8 Å². The molecule has 2 heterocycles. The van der Waals surface area contributed by atoms with Gasteiger partial charge in [-0.1, -0.05) is 35.9 Å². The number of aryl methyl sites for hydroxylation is 3. The summed E-state index contributed by atoms with van der Waals surface area (Å²) in [6.07, 6.45) is 0. The van der Waals surface area contributed by atoms with Crippen molar-refractivity contribution in [1.29, 1.82) is 0 Å². The van der Waals surface area contributed by atoms with Crippen LogP contribution in [0.2, 0.25) is 0 Å². The highest BCUT2D eigenvalue weighted by atomic mass is 32.2. The van der Waals surface area contributed by atoms with E-state index in [1.807, 2.05) is 57.2 Å². The van der Waals surface area contributed by atoms with Crippen molar-refractivity contribution in [2.75, 3.05) is 18.6 Å². The molecule has 2 aromatic carbocycles. The second-order valence-corrected chi connectivity index (χ2v) is 10.6. The van der Waals surface area contributed by atoms with Crippen molar-refractivity contribution in [3.05, 3.63) is 89.0 Å². The number of nitrogens with zero attached hydrogens (tertiary/aromatic N) is 2. The Morgan fingerprint density at radius 1 is 0.919 bits per heavy atom. The van der Waals surface area contributed by atoms with E-state index < -0.39 is 21.4 Å². The molecule has 0 saturated heterocycles. The fourth-order valence-electron chi connectivity index (χ4n) is 4.03. The third-order valence-corrected chi connectivity index (χ3v) is 7.22. The lowest BCUT2D eigenvalue weighted by molar-refractivity contribution is 0.101. The Hall–Kier alpha value is -4.24. The molecule has 0 aliphatic carbocycles. The van der Waals surface area contributed by atoms with Gasteiger partial charge in [0.25, 0.3) is 0 Å². The average molecular weight is 518 g/mol. The van der Waals surface area contributed by atoms with Gasteiger partial charge in [-0.15, -0.1) is 0 Å². The van der Waals surface area contributed by atoms with Crippen molar-refractivity contribution in [2.45, 2.75) is 25.8 Å². The van der Waals surface area contributed by atoms with Gasteiger partial charge in [0.1, 0.15) is 23.1 Å². The minimum Gasteiger partial charge on any atom is -0.497 e. The summed E-state index contributed by atoms with van der Waals surface area (Å²) in [6.45, 7) is 5.78. The number of ketones is 1. The number of pyridine rings is 2. The summed E-state index contributed by atoms with van der Waals surface area (Å²) >= 11 is 0. The SMILES string of the molecule is COc1cccc(-c2ccc(C(=O)CS(=O)(=O)c3cccc(N)n3)c(Oc3c(C)cc(C)cc3C)n2)c1. The van der Waals surface area contributed by atoms with Crippen LogP contribution >= 0.6 is 0 Å². The maximum Gasteiger partial charge on any atom is 0.230 e. The Kier molecular flexibility index (Phi) is 7.26. The van der Waals surface area contributed by atoms with Gasteiger partial charge in [0.15, 0.2) is 10.8 Å². The van der Waals surface area contributed by atoms with Gasteiger partial charge in [0.2, 0.25) is 15.7 Å². The minimum absolute atomic E-state index is 0.0103. The van der Waals surface area contributed by atoms with Gasteiger partial charge in [-0.3, -0.25) is 4.79 Å². The van der Waals surface area contributed by atoms with Crippen LogP contribution in [0.3, 0.4) is 0 Å². The summed E-state index contributed by atoms with van der Waals surface area (Å²) in [5.74, 6) is -0.232. The summed E-state index contributed by atoms with van der Waals surface area (Å²) in [7, 11) is -2.48. The maximum atomic E-state index is 13.3. The molecule has 2 aromatic heterocycles. The van der Waals surface area contributed by atoms with E-state index in [1.165, 1.54) is 24.3 Å². The molecule has 0 spiro atoms. The first-order valence-electron chi connectivity index (χ1n) is 11.5. The highest BCUT2D eigenvalue weighted by Gasteiger charge is 2.26. The highest BCUT2D eigenvalue weighted by molar-refractivity contribution is 7.92. The number of ether oxygens (including phenoxy) is 2. The van der Waals surface area contributed by atoms with Crippen LogP contribution in [0.4, 0.5) is 5.82 Å². The van der Waals surface area contributed by atoms with Crippen LogP contribution < -0.4 is 15.2 Å². The van der Waals surface area contributed by atoms with Crippen molar-refractivity contribution < 1.29 is 22.7 Å². The zero-order chi connectivity index (χ0) is 26.7. The summed E-state index contributed by atoms with van der Waals surface area (Å²) < 4.78 is 37.4. The van der Waals surface area contributed by atoms with Crippen molar-refractivity contribution in [3.63, 3.8) is 0 Å². The predicted octanol–water partition coefficient (Wildman–Crippen LogP) is 5.11. The van der Waals surface area contributed by atoms with Gasteiger partial charge in [-0.05, 0) is 68.3 Å².